The van der Waals surface area contributed by atoms with Gasteiger partial charge in [-0.25, -0.2) is 0 Å². The Morgan fingerprint density at radius 1 is 0.800 bits per heavy atom. The number of carbonyl (C=O) groups is 4. The molecule has 0 saturated carbocycles. The Balaban J connectivity index is 0. The van der Waals surface area contributed by atoms with Gasteiger partial charge in [-0.1, -0.05) is 20.8 Å². The first-order chi connectivity index (χ1) is 14.4. The van der Waals surface area contributed by atoms with Gasteiger partial charge in [0.05, 0.1) is 19.6 Å². The molecule has 10 nitrogen and oxygen atoms in total. The zero-order chi connectivity index (χ0) is 23.4. The monoisotopic (exact) mass is 432 g/mol. The molecule has 1 rings (SSSR count). The molecule has 0 aliphatic carbocycles. The maximum absolute atomic E-state index is 11.5. The predicted molar refractivity (Wildman–Crippen MR) is 116 cm³/mol. The second kappa shape index (κ2) is 20.4. The van der Waals surface area contributed by atoms with Gasteiger partial charge in [-0.3, -0.25) is 29.1 Å². The molecular formula is C20H40N4O6. The summed E-state index contributed by atoms with van der Waals surface area (Å²) in [7, 11) is 0. The summed E-state index contributed by atoms with van der Waals surface area (Å²) in [6, 6.07) is 0. The molecule has 1 fully saturated rings. The second-order valence-electron chi connectivity index (χ2n) is 6.65. The smallest absolute Gasteiger partial charge is 0.317 e. The number of carboxylic acid groups (broad SMARTS) is 2. The van der Waals surface area contributed by atoms with Crippen LogP contribution in [0.5, 0.6) is 0 Å². The van der Waals surface area contributed by atoms with Crippen molar-refractivity contribution in [3.63, 3.8) is 0 Å². The van der Waals surface area contributed by atoms with Gasteiger partial charge in [0.15, 0.2) is 0 Å². The second-order valence-corrected chi connectivity index (χ2v) is 6.65. The molecular weight excluding hydrogens is 392 g/mol. The largest absolute Gasteiger partial charge is 0.483 e. The topological polar surface area (TPSA) is 122 Å². The van der Waals surface area contributed by atoms with Gasteiger partial charge in [-0.2, -0.15) is 0 Å². The molecule has 0 unspecified atom stereocenters. The Labute approximate surface area is 180 Å². The van der Waals surface area contributed by atoms with Crippen molar-refractivity contribution >= 4 is 24.5 Å². The van der Waals surface area contributed by atoms with Gasteiger partial charge < -0.3 is 19.9 Å². The fourth-order valence-electron chi connectivity index (χ4n) is 3.01. The van der Waals surface area contributed by atoms with Crippen LogP contribution < -0.4 is 0 Å². The summed E-state index contributed by atoms with van der Waals surface area (Å²) in [6.45, 7) is 14.9. The Morgan fingerprint density at radius 3 is 1.50 bits per heavy atom. The Hall–Kier alpha value is -1.88. The van der Waals surface area contributed by atoms with Crippen molar-refractivity contribution in [1.82, 2.24) is 19.6 Å². The third-order valence-corrected chi connectivity index (χ3v) is 4.51. The SMILES string of the molecule is CC.CCN1CCN(CC(C)=O)CCN(CC=O)CCN(CC(=O)O)CC1.O=CO. The Bertz CT molecular complexity index is 446. The minimum absolute atomic E-state index is 0.0168. The van der Waals surface area contributed by atoms with Crippen LogP contribution in [0.15, 0.2) is 0 Å². The highest BCUT2D eigenvalue weighted by Gasteiger charge is 2.17. The van der Waals surface area contributed by atoms with E-state index >= 15 is 0 Å². The molecule has 10 heteroatoms. The molecule has 0 radical (unpaired) electrons. The van der Waals surface area contributed by atoms with E-state index < -0.39 is 5.97 Å². The number of hydrogen-bond acceptors (Lipinski definition) is 8. The molecule has 1 aliphatic heterocycles. The van der Waals surface area contributed by atoms with Crippen molar-refractivity contribution in [2.24, 2.45) is 0 Å². The van der Waals surface area contributed by atoms with Crippen molar-refractivity contribution in [2.75, 3.05) is 78.5 Å². The van der Waals surface area contributed by atoms with E-state index in [4.69, 9.17) is 15.0 Å². The highest BCUT2D eigenvalue weighted by atomic mass is 16.4. The van der Waals surface area contributed by atoms with Gasteiger partial charge >= 0.3 is 5.97 Å². The van der Waals surface area contributed by atoms with Gasteiger partial charge in [0.2, 0.25) is 0 Å². The lowest BCUT2D eigenvalue weighted by Crippen LogP contribution is -2.47. The quantitative estimate of drug-likeness (QED) is 0.524. The highest BCUT2D eigenvalue weighted by Crippen LogP contribution is 2.00. The third kappa shape index (κ3) is 17.0. The number of carboxylic acids is 1. The number of nitrogens with zero attached hydrogens (tertiary/aromatic N) is 4. The van der Waals surface area contributed by atoms with E-state index in [1.165, 1.54) is 0 Å². The number of hydrogen-bond donors (Lipinski definition) is 2. The summed E-state index contributed by atoms with van der Waals surface area (Å²) in [5.41, 5.74) is 0. The molecule has 0 spiro atoms. The van der Waals surface area contributed by atoms with E-state index in [1.54, 1.807) is 6.92 Å². The van der Waals surface area contributed by atoms with Crippen LogP contribution in [0, 0.1) is 0 Å². The first-order valence-corrected chi connectivity index (χ1v) is 10.5. The zero-order valence-electron chi connectivity index (χ0n) is 19.0. The summed E-state index contributed by atoms with van der Waals surface area (Å²) in [5.74, 6) is -0.686. The highest BCUT2D eigenvalue weighted by molar-refractivity contribution is 5.77. The van der Waals surface area contributed by atoms with Gasteiger partial charge in [0.1, 0.15) is 12.1 Å². The number of likely N-dealkylation sites (N-methyl/N-ethyl adjacent to an activating group) is 1. The number of Topliss-reactive ketones (excluding diaryl/α,β-unsaturated/α-hetero) is 1. The standard InChI is InChI=1S/C17H32N4O4.C2H6.CH2O2/c1-3-18-4-8-20(14-16(2)23)10-6-19(12-13-22)7-11-21(9-5-18)15-17(24)25;1-2;2-1-3/h13H,3-12,14-15H2,1-2H3,(H,24,25);1-2H3;1H,(H,2,3). The van der Waals surface area contributed by atoms with Crippen LogP contribution in [0.4, 0.5) is 0 Å². The maximum Gasteiger partial charge on any atom is 0.317 e. The molecule has 1 heterocycles. The molecule has 0 aromatic heterocycles. The third-order valence-electron chi connectivity index (χ3n) is 4.51. The van der Waals surface area contributed by atoms with E-state index in [0.717, 1.165) is 39.0 Å². The van der Waals surface area contributed by atoms with Crippen LogP contribution in [0.25, 0.3) is 0 Å². The van der Waals surface area contributed by atoms with E-state index in [9.17, 15) is 14.4 Å². The molecule has 2 N–H and O–H groups in total. The lowest BCUT2D eigenvalue weighted by atomic mass is 10.3. The molecule has 0 aromatic carbocycles. The number of ketones is 1. The average molecular weight is 433 g/mol. The molecule has 30 heavy (non-hydrogen) atoms. The van der Waals surface area contributed by atoms with Crippen LogP contribution in [0.1, 0.15) is 27.7 Å². The van der Waals surface area contributed by atoms with E-state index in [1.807, 2.05) is 23.6 Å². The minimum Gasteiger partial charge on any atom is -0.483 e. The molecule has 0 amide bonds. The fourth-order valence-corrected chi connectivity index (χ4v) is 3.01. The van der Waals surface area contributed by atoms with Crippen LogP contribution >= 0.6 is 0 Å². The first-order valence-electron chi connectivity index (χ1n) is 10.5. The number of aliphatic carboxylic acids is 1. The minimum atomic E-state index is -0.829. The average Bonchev–Trinajstić information content (AvgIpc) is 2.69. The Morgan fingerprint density at radius 2 is 1.17 bits per heavy atom. The van der Waals surface area contributed by atoms with Crippen LogP contribution in [-0.2, 0) is 19.2 Å². The van der Waals surface area contributed by atoms with E-state index in [0.29, 0.717) is 39.3 Å². The van der Waals surface area contributed by atoms with E-state index in [-0.39, 0.29) is 18.8 Å². The molecule has 176 valence electrons. The number of rotatable bonds is 7. The maximum atomic E-state index is 11.5. The molecule has 0 bridgehead atoms. The van der Waals surface area contributed by atoms with E-state index in [2.05, 4.69) is 16.7 Å². The summed E-state index contributed by atoms with van der Waals surface area (Å²) in [4.78, 5) is 50.2. The summed E-state index contributed by atoms with van der Waals surface area (Å²) in [5, 5.41) is 16.0. The van der Waals surface area contributed by atoms with Gasteiger partial charge in [0.25, 0.3) is 6.47 Å². The summed E-state index contributed by atoms with van der Waals surface area (Å²) in [6.07, 6.45) is 0.877. The normalized spacial score (nSPS) is 17.7. The predicted octanol–water partition coefficient (Wildman–Crippen LogP) is -0.173. The molecule has 0 atom stereocenters. The molecule has 0 aromatic rings. The lowest BCUT2D eigenvalue weighted by Gasteiger charge is -2.32. The van der Waals surface area contributed by atoms with Gasteiger partial charge in [-0.05, 0) is 13.5 Å². The molecule has 1 saturated heterocycles. The first kappa shape index (κ1) is 30.3. The van der Waals surface area contributed by atoms with Crippen molar-refractivity contribution in [2.45, 2.75) is 27.7 Å². The summed E-state index contributed by atoms with van der Waals surface area (Å²) >= 11 is 0. The molecule has 1 aliphatic rings. The van der Waals surface area contributed by atoms with Crippen LogP contribution in [-0.4, -0.2) is 133 Å². The van der Waals surface area contributed by atoms with Crippen LogP contribution in [0.3, 0.4) is 0 Å². The number of aldehydes is 1. The van der Waals surface area contributed by atoms with Crippen molar-refractivity contribution in [3.8, 4) is 0 Å². The van der Waals surface area contributed by atoms with Crippen LogP contribution in [0.2, 0.25) is 0 Å². The van der Waals surface area contributed by atoms with Crippen molar-refractivity contribution in [3.05, 3.63) is 0 Å². The lowest BCUT2D eigenvalue weighted by molar-refractivity contribution is -0.138. The number of carbonyl (C=O) groups excluding carboxylic acids is 2. The van der Waals surface area contributed by atoms with Gasteiger partial charge in [-0.15, -0.1) is 0 Å². The van der Waals surface area contributed by atoms with Gasteiger partial charge in [0, 0.05) is 52.4 Å². The Kier molecular flexibility index (Phi) is 20.6. The fraction of sp³-hybridized carbons (Fsp3) is 0.800. The summed E-state index contributed by atoms with van der Waals surface area (Å²) < 4.78 is 0. The van der Waals surface area contributed by atoms with Crippen molar-refractivity contribution in [1.29, 1.82) is 0 Å². The zero-order valence-corrected chi connectivity index (χ0v) is 19.0. The van der Waals surface area contributed by atoms with Crippen molar-refractivity contribution < 1.29 is 29.4 Å².